The number of aromatic nitrogens is 1. The van der Waals surface area contributed by atoms with Crippen molar-refractivity contribution in [2.24, 2.45) is 0 Å². The van der Waals surface area contributed by atoms with E-state index in [-0.39, 0.29) is 0 Å². The Morgan fingerprint density at radius 1 is 1.58 bits per heavy atom. The lowest BCUT2D eigenvalue weighted by molar-refractivity contribution is -0.107. The molecule has 1 aromatic heterocycles. The van der Waals surface area contributed by atoms with Crippen LogP contribution in [0.15, 0.2) is 16.9 Å². The summed E-state index contributed by atoms with van der Waals surface area (Å²) in [4.78, 5) is 14.2. The minimum Gasteiger partial charge on any atom is -0.303 e. The molecule has 0 fully saturated rings. The molecule has 0 bridgehead atoms. The Bertz CT molecular complexity index is 286. The van der Waals surface area contributed by atoms with Crippen LogP contribution in [0.4, 0.5) is 0 Å². The van der Waals surface area contributed by atoms with Gasteiger partial charge in [0.2, 0.25) is 0 Å². The van der Waals surface area contributed by atoms with E-state index in [1.54, 1.807) is 6.20 Å². The molecule has 12 heavy (non-hydrogen) atoms. The van der Waals surface area contributed by atoms with Crippen molar-refractivity contribution >= 4 is 22.2 Å². The monoisotopic (exact) mass is 227 g/mol. The highest BCUT2D eigenvalue weighted by atomic mass is 79.9. The van der Waals surface area contributed by atoms with E-state index in [1.165, 1.54) is 5.56 Å². The summed E-state index contributed by atoms with van der Waals surface area (Å²) in [5, 5.41) is 0. The van der Waals surface area contributed by atoms with Gasteiger partial charge in [-0.05, 0) is 40.4 Å². The van der Waals surface area contributed by atoms with Crippen molar-refractivity contribution in [1.29, 1.82) is 0 Å². The molecule has 1 heterocycles. The summed E-state index contributed by atoms with van der Waals surface area (Å²) < 4.78 is 1.01. The Morgan fingerprint density at radius 3 is 3.00 bits per heavy atom. The summed E-state index contributed by atoms with van der Waals surface area (Å²) >= 11 is 3.39. The fourth-order valence-electron chi connectivity index (χ4n) is 1.01. The average Bonchev–Trinajstić information content (AvgIpc) is 2.08. The van der Waals surface area contributed by atoms with Gasteiger partial charge >= 0.3 is 0 Å². The molecule has 0 aromatic carbocycles. The Balaban J connectivity index is 2.84. The summed E-state index contributed by atoms with van der Waals surface area (Å²) in [6, 6.07) is 0. The van der Waals surface area contributed by atoms with Crippen molar-refractivity contribution in [2.75, 3.05) is 0 Å². The predicted octanol–water partition coefficient (Wildman–Crippen LogP) is 2.28. The molecule has 0 spiro atoms. The smallest absolute Gasteiger partial charge is 0.120 e. The molecule has 0 saturated heterocycles. The second kappa shape index (κ2) is 4.36. The number of pyridine rings is 1. The molecule has 2 nitrogen and oxygen atoms in total. The topological polar surface area (TPSA) is 30.0 Å². The first kappa shape index (κ1) is 9.39. The van der Waals surface area contributed by atoms with Gasteiger partial charge in [0.05, 0.1) is 0 Å². The molecule has 0 N–H and O–H groups in total. The molecule has 64 valence electrons. The highest BCUT2D eigenvalue weighted by Crippen LogP contribution is 2.18. The second-order valence-corrected chi connectivity index (χ2v) is 3.47. The number of rotatable bonds is 3. The normalized spacial score (nSPS) is 9.83. The van der Waals surface area contributed by atoms with Crippen molar-refractivity contribution in [3.63, 3.8) is 0 Å². The molecule has 0 aliphatic rings. The Hall–Kier alpha value is -0.700. The molecule has 0 radical (unpaired) electrons. The van der Waals surface area contributed by atoms with E-state index in [2.05, 4.69) is 20.9 Å². The van der Waals surface area contributed by atoms with Gasteiger partial charge in [-0.15, -0.1) is 0 Å². The van der Waals surface area contributed by atoms with Crippen LogP contribution in [0.2, 0.25) is 0 Å². The van der Waals surface area contributed by atoms with Gasteiger partial charge in [0.15, 0.2) is 0 Å². The molecule has 0 aliphatic carbocycles. The Labute approximate surface area is 80.1 Å². The van der Waals surface area contributed by atoms with Gasteiger partial charge in [-0.25, -0.2) is 0 Å². The van der Waals surface area contributed by atoms with Crippen LogP contribution in [0.1, 0.15) is 17.5 Å². The zero-order valence-electron chi connectivity index (χ0n) is 6.88. The van der Waals surface area contributed by atoms with Crippen LogP contribution in [0.5, 0.6) is 0 Å². The van der Waals surface area contributed by atoms with Gasteiger partial charge in [-0.1, -0.05) is 0 Å². The molecule has 1 aromatic rings. The van der Waals surface area contributed by atoms with Crippen LogP contribution < -0.4 is 0 Å². The molecule has 3 heteroatoms. The molecule has 0 unspecified atom stereocenters. The maximum absolute atomic E-state index is 10.1. The summed E-state index contributed by atoms with van der Waals surface area (Å²) in [6.45, 7) is 2.02. The van der Waals surface area contributed by atoms with Crippen molar-refractivity contribution in [2.45, 2.75) is 19.8 Å². The van der Waals surface area contributed by atoms with Gasteiger partial charge in [0.25, 0.3) is 0 Å². The van der Waals surface area contributed by atoms with E-state index in [0.29, 0.717) is 6.42 Å². The predicted molar refractivity (Wildman–Crippen MR) is 51.1 cm³/mol. The number of carbonyl (C=O) groups excluding carboxylic acids is 1. The van der Waals surface area contributed by atoms with Crippen LogP contribution in [-0.4, -0.2) is 11.3 Å². The first-order valence-corrected chi connectivity index (χ1v) is 4.57. The van der Waals surface area contributed by atoms with E-state index in [9.17, 15) is 4.79 Å². The largest absolute Gasteiger partial charge is 0.303 e. The van der Waals surface area contributed by atoms with Crippen LogP contribution in [0.3, 0.4) is 0 Å². The van der Waals surface area contributed by atoms with Crippen LogP contribution in [0.25, 0.3) is 0 Å². The summed E-state index contributed by atoms with van der Waals surface area (Å²) in [5.41, 5.74) is 2.31. The van der Waals surface area contributed by atoms with E-state index >= 15 is 0 Å². The Morgan fingerprint density at radius 2 is 2.33 bits per heavy atom. The lowest BCUT2D eigenvalue weighted by Crippen LogP contribution is -1.92. The van der Waals surface area contributed by atoms with E-state index in [0.717, 1.165) is 22.7 Å². The summed E-state index contributed by atoms with van der Waals surface area (Å²) in [6.07, 6.45) is 5.85. The highest BCUT2D eigenvalue weighted by molar-refractivity contribution is 9.10. The number of carbonyl (C=O) groups is 1. The van der Waals surface area contributed by atoms with Crippen molar-refractivity contribution < 1.29 is 4.79 Å². The minimum atomic E-state index is 0.568. The fraction of sp³-hybridized carbons (Fsp3) is 0.333. The average molecular weight is 228 g/mol. The summed E-state index contributed by atoms with van der Waals surface area (Å²) in [7, 11) is 0. The van der Waals surface area contributed by atoms with E-state index in [4.69, 9.17) is 0 Å². The highest BCUT2D eigenvalue weighted by Gasteiger charge is 2.01. The third kappa shape index (κ3) is 2.14. The Kier molecular flexibility index (Phi) is 3.41. The quantitative estimate of drug-likeness (QED) is 0.743. The van der Waals surface area contributed by atoms with Crippen molar-refractivity contribution in [1.82, 2.24) is 4.98 Å². The van der Waals surface area contributed by atoms with Gasteiger partial charge in [0.1, 0.15) is 6.29 Å². The minimum absolute atomic E-state index is 0.568. The van der Waals surface area contributed by atoms with Gasteiger partial charge in [0, 0.05) is 23.3 Å². The number of aryl methyl sites for hydroxylation is 1. The van der Waals surface area contributed by atoms with Crippen LogP contribution in [-0.2, 0) is 11.2 Å². The van der Waals surface area contributed by atoms with Crippen LogP contribution in [0, 0.1) is 6.92 Å². The van der Waals surface area contributed by atoms with Gasteiger partial charge in [-0.3, -0.25) is 4.98 Å². The van der Waals surface area contributed by atoms with Crippen LogP contribution >= 0.6 is 15.9 Å². The number of halogens is 1. The lowest BCUT2D eigenvalue weighted by Gasteiger charge is -2.03. The first-order chi connectivity index (χ1) is 5.75. The number of hydrogen-bond donors (Lipinski definition) is 0. The number of hydrogen-bond acceptors (Lipinski definition) is 2. The van der Waals surface area contributed by atoms with Gasteiger partial charge in [-0.2, -0.15) is 0 Å². The van der Waals surface area contributed by atoms with E-state index in [1.807, 2.05) is 13.1 Å². The first-order valence-electron chi connectivity index (χ1n) is 3.78. The molecular formula is C9H10BrNO. The fourth-order valence-corrected chi connectivity index (χ4v) is 1.38. The standard InChI is InChI=1S/C9H10BrNO/c1-7-8(3-2-4-12)5-11-6-9(7)10/h4-6H,2-3H2,1H3. The molecule has 0 saturated carbocycles. The lowest BCUT2D eigenvalue weighted by atomic mass is 10.1. The molecule has 0 amide bonds. The molecule has 0 atom stereocenters. The zero-order chi connectivity index (χ0) is 8.97. The maximum atomic E-state index is 10.1. The maximum Gasteiger partial charge on any atom is 0.120 e. The number of nitrogens with zero attached hydrogens (tertiary/aromatic N) is 1. The van der Waals surface area contributed by atoms with Crippen molar-refractivity contribution in [3.8, 4) is 0 Å². The zero-order valence-corrected chi connectivity index (χ0v) is 8.47. The third-order valence-electron chi connectivity index (χ3n) is 1.79. The van der Waals surface area contributed by atoms with Gasteiger partial charge < -0.3 is 4.79 Å². The van der Waals surface area contributed by atoms with E-state index < -0.39 is 0 Å². The third-order valence-corrected chi connectivity index (χ3v) is 2.59. The second-order valence-electron chi connectivity index (χ2n) is 2.61. The summed E-state index contributed by atoms with van der Waals surface area (Å²) in [5.74, 6) is 0. The number of aldehydes is 1. The SMILES string of the molecule is Cc1c(Br)cncc1CCC=O. The molecular weight excluding hydrogens is 218 g/mol. The molecule has 1 rings (SSSR count). The van der Waals surface area contributed by atoms with Crippen molar-refractivity contribution in [3.05, 3.63) is 28.0 Å². The molecule has 0 aliphatic heterocycles.